The van der Waals surface area contributed by atoms with Crippen LogP contribution in [0.3, 0.4) is 0 Å². The zero-order chi connectivity index (χ0) is 15.4. The van der Waals surface area contributed by atoms with Crippen molar-refractivity contribution in [1.82, 2.24) is 9.97 Å². The van der Waals surface area contributed by atoms with Gasteiger partial charge in [0.05, 0.1) is 0 Å². The Labute approximate surface area is 134 Å². The predicted molar refractivity (Wildman–Crippen MR) is 91.2 cm³/mol. The number of hydrogen-bond donors (Lipinski definition) is 2. The average Bonchev–Trinajstić information content (AvgIpc) is 2.47. The highest BCUT2D eigenvalue weighted by molar-refractivity contribution is 6.30. The van der Waals surface area contributed by atoms with Gasteiger partial charge in [0.25, 0.3) is 0 Å². The number of hydrogen-bond acceptors (Lipinski definition) is 4. The van der Waals surface area contributed by atoms with Gasteiger partial charge in [-0.05, 0) is 37.3 Å². The number of para-hydroxylation sites is 1. The van der Waals surface area contributed by atoms with E-state index < -0.39 is 0 Å². The van der Waals surface area contributed by atoms with Crippen LogP contribution in [-0.4, -0.2) is 9.97 Å². The first-order valence-corrected chi connectivity index (χ1v) is 7.27. The number of aryl methyl sites for hydroxylation is 1. The van der Waals surface area contributed by atoms with Crippen LogP contribution in [0.4, 0.5) is 23.1 Å². The third-order valence-electron chi connectivity index (χ3n) is 2.98. The Kier molecular flexibility index (Phi) is 4.21. The summed E-state index contributed by atoms with van der Waals surface area (Å²) in [5.74, 6) is 1.27. The lowest BCUT2D eigenvalue weighted by molar-refractivity contribution is 1.11. The molecule has 0 bridgehead atoms. The summed E-state index contributed by atoms with van der Waals surface area (Å²) in [5.41, 5.74) is 2.70. The maximum Gasteiger partial charge on any atom is 0.229 e. The van der Waals surface area contributed by atoms with Gasteiger partial charge >= 0.3 is 0 Å². The van der Waals surface area contributed by atoms with Crippen molar-refractivity contribution in [1.29, 1.82) is 0 Å². The molecule has 0 radical (unpaired) electrons. The predicted octanol–water partition coefficient (Wildman–Crippen LogP) is 4.93. The second-order valence-electron chi connectivity index (χ2n) is 4.84. The van der Waals surface area contributed by atoms with Crippen molar-refractivity contribution in [2.75, 3.05) is 10.6 Å². The lowest BCUT2D eigenvalue weighted by Crippen LogP contribution is -2.02. The van der Waals surface area contributed by atoms with Crippen molar-refractivity contribution in [3.8, 4) is 0 Å². The Morgan fingerprint density at radius 2 is 1.59 bits per heavy atom. The minimum atomic E-state index is 0.552. The second-order valence-corrected chi connectivity index (χ2v) is 5.28. The van der Waals surface area contributed by atoms with E-state index in [9.17, 15) is 0 Å². The molecule has 4 nitrogen and oxygen atoms in total. The third-order valence-corrected chi connectivity index (χ3v) is 3.22. The van der Waals surface area contributed by atoms with Gasteiger partial charge in [-0.1, -0.05) is 35.9 Å². The molecule has 2 N–H and O–H groups in total. The molecule has 0 aliphatic heterocycles. The SMILES string of the molecule is Cc1cc(Nc2cccc(Cl)c2)nc(Nc2ccccc2)n1. The summed E-state index contributed by atoms with van der Waals surface area (Å²) in [7, 11) is 0. The van der Waals surface area contributed by atoms with Crippen molar-refractivity contribution in [3.05, 3.63) is 71.4 Å². The van der Waals surface area contributed by atoms with E-state index in [0.29, 0.717) is 16.8 Å². The highest BCUT2D eigenvalue weighted by Gasteiger charge is 2.04. The van der Waals surface area contributed by atoms with E-state index in [1.165, 1.54) is 0 Å². The first kappa shape index (κ1) is 14.4. The number of nitrogens with one attached hydrogen (secondary N) is 2. The maximum absolute atomic E-state index is 6.00. The summed E-state index contributed by atoms with van der Waals surface area (Å²) in [6.45, 7) is 1.93. The normalized spacial score (nSPS) is 10.3. The Hall–Kier alpha value is -2.59. The topological polar surface area (TPSA) is 49.8 Å². The zero-order valence-corrected chi connectivity index (χ0v) is 12.8. The van der Waals surface area contributed by atoms with Crippen LogP contribution < -0.4 is 10.6 Å². The number of halogens is 1. The van der Waals surface area contributed by atoms with E-state index >= 15 is 0 Å². The molecule has 2 aromatic carbocycles. The van der Waals surface area contributed by atoms with Crippen molar-refractivity contribution < 1.29 is 0 Å². The van der Waals surface area contributed by atoms with Gasteiger partial charge in [-0.3, -0.25) is 0 Å². The molecule has 1 aromatic heterocycles. The van der Waals surface area contributed by atoms with Gasteiger partial charge in [-0.2, -0.15) is 4.98 Å². The largest absolute Gasteiger partial charge is 0.340 e. The summed E-state index contributed by atoms with van der Waals surface area (Å²) in [5, 5.41) is 7.11. The van der Waals surface area contributed by atoms with Gasteiger partial charge in [0, 0.05) is 28.2 Å². The second kappa shape index (κ2) is 6.45. The molecule has 0 aliphatic rings. The van der Waals surface area contributed by atoms with E-state index in [4.69, 9.17) is 11.6 Å². The molecule has 3 rings (SSSR count). The molecule has 22 heavy (non-hydrogen) atoms. The van der Waals surface area contributed by atoms with Crippen LogP contribution in [0.2, 0.25) is 5.02 Å². The molecule has 110 valence electrons. The number of aromatic nitrogens is 2. The van der Waals surface area contributed by atoms with Crippen LogP contribution >= 0.6 is 11.6 Å². The molecular weight excluding hydrogens is 296 g/mol. The standard InChI is InChI=1S/C17H15ClN4/c1-12-10-16(20-15-9-5-6-13(18)11-15)22-17(19-12)21-14-7-3-2-4-8-14/h2-11H,1H3,(H2,19,20,21,22). The van der Waals surface area contributed by atoms with Crippen molar-refractivity contribution in [2.24, 2.45) is 0 Å². The quantitative estimate of drug-likeness (QED) is 0.717. The molecule has 0 atom stereocenters. The molecular formula is C17H15ClN4. The van der Waals surface area contributed by atoms with Crippen molar-refractivity contribution in [2.45, 2.75) is 6.92 Å². The van der Waals surface area contributed by atoms with E-state index in [1.54, 1.807) is 0 Å². The Bertz CT molecular complexity index is 775. The molecule has 0 unspecified atom stereocenters. The number of rotatable bonds is 4. The minimum Gasteiger partial charge on any atom is -0.340 e. The molecule has 3 aromatic rings. The van der Waals surface area contributed by atoms with Crippen LogP contribution in [0.1, 0.15) is 5.69 Å². The van der Waals surface area contributed by atoms with Gasteiger partial charge in [0.2, 0.25) is 5.95 Å². The van der Waals surface area contributed by atoms with Gasteiger partial charge < -0.3 is 10.6 Å². The van der Waals surface area contributed by atoms with Crippen molar-refractivity contribution >= 4 is 34.7 Å². The fourth-order valence-electron chi connectivity index (χ4n) is 2.05. The molecule has 5 heteroatoms. The van der Waals surface area contributed by atoms with Crippen LogP contribution in [0.5, 0.6) is 0 Å². The Morgan fingerprint density at radius 1 is 0.818 bits per heavy atom. The van der Waals surface area contributed by atoms with Crippen LogP contribution in [0, 0.1) is 6.92 Å². The number of nitrogens with zero attached hydrogens (tertiary/aromatic N) is 2. The lowest BCUT2D eigenvalue weighted by Gasteiger charge is -2.10. The highest BCUT2D eigenvalue weighted by atomic mass is 35.5. The lowest BCUT2D eigenvalue weighted by atomic mass is 10.3. The summed E-state index contributed by atoms with van der Waals surface area (Å²) >= 11 is 6.00. The van der Waals surface area contributed by atoms with Crippen LogP contribution in [-0.2, 0) is 0 Å². The smallest absolute Gasteiger partial charge is 0.229 e. The Balaban J connectivity index is 1.83. The molecule has 1 heterocycles. The highest BCUT2D eigenvalue weighted by Crippen LogP contribution is 2.21. The molecule has 0 amide bonds. The summed E-state index contributed by atoms with van der Waals surface area (Å²) in [4.78, 5) is 8.88. The van der Waals surface area contributed by atoms with Gasteiger partial charge in [-0.25, -0.2) is 4.98 Å². The van der Waals surface area contributed by atoms with Crippen molar-refractivity contribution in [3.63, 3.8) is 0 Å². The monoisotopic (exact) mass is 310 g/mol. The van der Waals surface area contributed by atoms with E-state index in [-0.39, 0.29) is 0 Å². The fourth-order valence-corrected chi connectivity index (χ4v) is 2.24. The Morgan fingerprint density at radius 3 is 2.36 bits per heavy atom. The molecule has 0 saturated carbocycles. The first-order valence-electron chi connectivity index (χ1n) is 6.89. The maximum atomic E-state index is 6.00. The molecule has 0 fully saturated rings. The molecule has 0 aliphatic carbocycles. The van der Waals surface area contributed by atoms with Gasteiger partial charge in [0.1, 0.15) is 5.82 Å². The zero-order valence-electron chi connectivity index (χ0n) is 12.0. The van der Waals surface area contributed by atoms with Crippen LogP contribution in [0.25, 0.3) is 0 Å². The summed E-state index contributed by atoms with van der Waals surface area (Å²) < 4.78 is 0. The van der Waals surface area contributed by atoms with Gasteiger partial charge in [-0.15, -0.1) is 0 Å². The summed E-state index contributed by atoms with van der Waals surface area (Å²) in [6.07, 6.45) is 0. The van der Waals surface area contributed by atoms with E-state index in [1.807, 2.05) is 67.6 Å². The minimum absolute atomic E-state index is 0.552. The molecule has 0 saturated heterocycles. The van der Waals surface area contributed by atoms with Gasteiger partial charge in [0.15, 0.2) is 0 Å². The third kappa shape index (κ3) is 3.74. The van der Waals surface area contributed by atoms with E-state index in [2.05, 4.69) is 20.6 Å². The summed E-state index contributed by atoms with van der Waals surface area (Å²) in [6, 6.07) is 19.2. The fraction of sp³-hybridized carbons (Fsp3) is 0.0588. The molecule has 0 spiro atoms. The number of benzene rings is 2. The van der Waals surface area contributed by atoms with Crippen LogP contribution in [0.15, 0.2) is 60.7 Å². The average molecular weight is 311 g/mol. The number of anilines is 4. The van der Waals surface area contributed by atoms with E-state index in [0.717, 1.165) is 17.1 Å². The first-order chi connectivity index (χ1) is 10.7.